The monoisotopic (exact) mass is 268 g/mol. The van der Waals surface area contributed by atoms with E-state index in [1.165, 1.54) is 6.92 Å². The Balaban J connectivity index is 2.63. The maximum atomic E-state index is 11.7. The first-order valence-corrected chi connectivity index (χ1v) is 6.32. The van der Waals surface area contributed by atoms with Crippen LogP contribution < -0.4 is 5.32 Å². The van der Waals surface area contributed by atoms with Crippen LogP contribution in [0.5, 0.6) is 0 Å². The topological polar surface area (TPSA) is 82.8 Å². The van der Waals surface area contributed by atoms with Crippen molar-refractivity contribution in [2.24, 2.45) is 0 Å². The van der Waals surface area contributed by atoms with Crippen LogP contribution in [0.15, 0.2) is 16.5 Å². The first kappa shape index (κ1) is 15.2. The van der Waals surface area contributed by atoms with Crippen molar-refractivity contribution in [3.05, 3.63) is 23.7 Å². The summed E-state index contributed by atoms with van der Waals surface area (Å²) < 4.78 is 5.41. The molecule has 0 aliphatic carbocycles. The maximum Gasteiger partial charge on any atom is 0.325 e. The Labute approximate surface area is 112 Å². The van der Waals surface area contributed by atoms with Crippen molar-refractivity contribution in [3.63, 3.8) is 0 Å². The number of carbonyl (C=O) groups is 2. The maximum absolute atomic E-state index is 11.7. The average molecular weight is 268 g/mol. The number of rotatable bonds is 7. The van der Waals surface area contributed by atoms with Crippen LogP contribution in [0.25, 0.3) is 0 Å². The number of furan rings is 1. The van der Waals surface area contributed by atoms with Crippen molar-refractivity contribution in [2.45, 2.75) is 33.4 Å². The molecule has 6 heteroatoms. The summed E-state index contributed by atoms with van der Waals surface area (Å²) in [5, 5.41) is 11.1. The molecule has 0 spiro atoms. The number of aliphatic carboxylic acids is 1. The van der Waals surface area contributed by atoms with E-state index in [1.54, 1.807) is 12.1 Å². The van der Waals surface area contributed by atoms with E-state index < -0.39 is 17.9 Å². The summed E-state index contributed by atoms with van der Waals surface area (Å²) in [7, 11) is 0. The highest BCUT2D eigenvalue weighted by Gasteiger charge is 2.18. The number of carbonyl (C=O) groups excluding carboxylic acids is 1. The molecule has 2 N–H and O–H groups in total. The lowest BCUT2D eigenvalue weighted by Crippen LogP contribution is -2.38. The van der Waals surface area contributed by atoms with E-state index in [0.717, 1.165) is 13.1 Å². The molecule has 1 heterocycles. The predicted molar refractivity (Wildman–Crippen MR) is 69.9 cm³/mol. The lowest BCUT2D eigenvalue weighted by Gasteiger charge is -2.15. The summed E-state index contributed by atoms with van der Waals surface area (Å²) in [5.41, 5.74) is 0. The summed E-state index contributed by atoms with van der Waals surface area (Å²) in [6.45, 7) is 7.93. The number of carboxylic acids is 1. The van der Waals surface area contributed by atoms with E-state index >= 15 is 0 Å². The Bertz CT molecular complexity index is 438. The van der Waals surface area contributed by atoms with Crippen molar-refractivity contribution in [3.8, 4) is 0 Å². The minimum absolute atomic E-state index is 0.134. The van der Waals surface area contributed by atoms with Gasteiger partial charge in [-0.1, -0.05) is 13.8 Å². The molecule has 1 atom stereocenters. The smallest absolute Gasteiger partial charge is 0.325 e. The molecule has 0 saturated carbocycles. The molecular weight excluding hydrogens is 248 g/mol. The van der Waals surface area contributed by atoms with Crippen molar-refractivity contribution < 1.29 is 19.1 Å². The van der Waals surface area contributed by atoms with Gasteiger partial charge in [-0.25, -0.2) is 0 Å². The number of nitrogens with zero attached hydrogens (tertiary/aromatic N) is 1. The number of hydrogen-bond donors (Lipinski definition) is 2. The van der Waals surface area contributed by atoms with Crippen LogP contribution >= 0.6 is 0 Å². The minimum atomic E-state index is -1.08. The second-order valence-electron chi connectivity index (χ2n) is 4.26. The zero-order chi connectivity index (χ0) is 14.4. The summed E-state index contributed by atoms with van der Waals surface area (Å²) >= 11 is 0. The molecule has 0 aromatic carbocycles. The van der Waals surface area contributed by atoms with Gasteiger partial charge in [-0.15, -0.1) is 0 Å². The first-order valence-electron chi connectivity index (χ1n) is 6.32. The fraction of sp³-hybridized carbons (Fsp3) is 0.538. The van der Waals surface area contributed by atoms with Crippen LogP contribution in [-0.4, -0.2) is 41.0 Å². The van der Waals surface area contributed by atoms with Gasteiger partial charge in [0.2, 0.25) is 0 Å². The molecule has 0 radical (unpaired) electrons. The second-order valence-corrected chi connectivity index (χ2v) is 4.26. The molecule has 1 amide bonds. The molecule has 0 bridgehead atoms. The molecule has 0 fully saturated rings. The van der Waals surface area contributed by atoms with E-state index in [0.29, 0.717) is 12.3 Å². The summed E-state index contributed by atoms with van der Waals surface area (Å²) in [6.07, 6.45) is 0. The van der Waals surface area contributed by atoms with Gasteiger partial charge in [0.25, 0.3) is 5.91 Å². The highest BCUT2D eigenvalue weighted by atomic mass is 16.4. The highest BCUT2D eigenvalue weighted by molar-refractivity contribution is 5.94. The Kier molecular flexibility index (Phi) is 5.57. The second kappa shape index (κ2) is 6.94. The molecule has 1 rings (SSSR count). The van der Waals surface area contributed by atoms with Crippen LogP contribution in [0.2, 0.25) is 0 Å². The van der Waals surface area contributed by atoms with Crippen LogP contribution in [0.3, 0.4) is 0 Å². The van der Waals surface area contributed by atoms with E-state index in [-0.39, 0.29) is 5.76 Å². The molecule has 106 valence electrons. The van der Waals surface area contributed by atoms with Crippen LogP contribution in [-0.2, 0) is 11.3 Å². The minimum Gasteiger partial charge on any atom is -0.480 e. The van der Waals surface area contributed by atoms with Crippen molar-refractivity contribution in [1.29, 1.82) is 0 Å². The standard InChI is InChI=1S/C13H20N2O4/c1-4-15(5-2)8-10-6-7-11(19-10)12(16)14-9(3)13(17)18/h6-7,9H,4-5,8H2,1-3H3,(H,14,16)(H,17,18)/t9-/m1/s1. The number of nitrogens with one attached hydrogen (secondary N) is 1. The molecule has 19 heavy (non-hydrogen) atoms. The SMILES string of the molecule is CCN(CC)Cc1ccc(C(=O)N[C@H](C)C(=O)O)o1. The number of carboxylic acid groups (broad SMARTS) is 1. The van der Waals surface area contributed by atoms with Gasteiger partial charge in [0, 0.05) is 0 Å². The molecule has 0 saturated heterocycles. The Morgan fingerprint density at radius 3 is 2.53 bits per heavy atom. The zero-order valence-corrected chi connectivity index (χ0v) is 11.5. The zero-order valence-electron chi connectivity index (χ0n) is 11.5. The van der Waals surface area contributed by atoms with Crippen LogP contribution in [0.1, 0.15) is 37.1 Å². The number of hydrogen-bond acceptors (Lipinski definition) is 4. The van der Waals surface area contributed by atoms with Gasteiger partial charge in [-0.05, 0) is 32.1 Å². The van der Waals surface area contributed by atoms with E-state index in [2.05, 4.69) is 24.1 Å². The van der Waals surface area contributed by atoms with Gasteiger partial charge >= 0.3 is 5.97 Å². The summed E-state index contributed by atoms with van der Waals surface area (Å²) in [6, 6.07) is 2.35. The van der Waals surface area contributed by atoms with Gasteiger partial charge < -0.3 is 14.8 Å². The third-order valence-corrected chi connectivity index (χ3v) is 2.88. The average Bonchev–Trinajstić information content (AvgIpc) is 2.84. The van der Waals surface area contributed by atoms with Crippen LogP contribution in [0, 0.1) is 0 Å². The molecule has 1 aromatic heterocycles. The number of amides is 1. The molecule has 1 aromatic rings. The summed E-state index contributed by atoms with van der Waals surface area (Å²) in [4.78, 5) is 24.5. The molecule has 6 nitrogen and oxygen atoms in total. The predicted octanol–water partition coefficient (Wildman–Crippen LogP) is 1.32. The van der Waals surface area contributed by atoms with Gasteiger partial charge in [-0.2, -0.15) is 0 Å². The lowest BCUT2D eigenvalue weighted by atomic mass is 10.3. The van der Waals surface area contributed by atoms with Crippen molar-refractivity contribution in [1.82, 2.24) is 10.2 Å². The quantitative estimate of drug-likeness (QED) is 0.779. The Morgan fingerprint density at radius 2 is 2.00 bits per heavy atom. The van der Waals surface area contributed by atoms with Gasteiger partial charge in [0.15, 0.2) is 5.76 Å². The van der Waals surface area contributed by atoms with Crippen molar-refractivity contribution >= 4 is 11.9 Å². The van der Waals surface area contributed by atoms with E-state index in [1.807, 2.05) is 0 Å². The molecule has 0 aliphatic rings. The molecular formula is C13H20N2O4. The highest BCUT2D eigenvalue weighted by Crippen LogP contribution is 2.10. The Hall–Kier alpha value is -1.82. The fourth-order valence-electron chi connectivity index (χ4n) is 1.58. The van der Waals surface area contributed by atoms with E-state index in [4.69, 9.17) is 9.52 Å². The third-order valence-electron chi connectivity index (χ3n) is 2.88. The molecule has 0 aliphatic heterocycles. The summed E-state index contributed by atoms with van der Waals surface area (Å²) in [5.74, 6) is -0.768. The molecule has 0 unspecified atom stereocenters. The van der Waals surface area contributed by atoms with E-state index in [9.17, 15) is 9.59 Å². The third kappa shape index (κ3) is 4.40. The Morgan fingerprint density at radius 1 is 1.37 bits per heavy atom. The van der Waals surface area contributed by atoms with Crippen LogP contribution in [0.4, 0.5) is 0 Å². The fourth-order valence-corrected chi connectivity index (χ4v) is 1.58. The van der Waals surface area contributed by atoms with Crippen molar-refractivity contribution in [2.75, 3.05) is 13.1 Å². The normalized spacial score (nSPS) is 12.4. The van der Waals surface area contributed by atoms with Gasteiger partial charge in [0.05, 0.1) is 6.54 Å². The largest absolute Gasteiger partial charge is 0.480 e. The van der Waals surface area contributed by atoms with Gasteiger partial charge in [0.1, 0.15) is 11.8 Å². The van der Waals surface area contributed by atoms with Gasteiger partial charge in [-0.3, -0.25) is 14.5 Å². The lowest BCUT2D eigenvalue weighted by molar-refractivity contribution is -0.138. The first-order chi connectivity index (χ1) is 8.97.